The Labute approximate surface area is 345 Å². The van der Waals surface area contributed by atoms with E-state index in [0.717, 1.165) is 16.7 Å². The molecule has 0 aliphatic rings. The van der Waals surface area contributed by atoms with E-state index in [9.17, 15) is 0 Å². The van der Waals surface area contributed by atoms with Crippen molar-refractivity contribution in [1.82, 2.24) is 0 Å². The maximum atomic E-state index is 4.10. The summed E-state index contributed by atoms with van der Waals surface area (Å²) in [6, 6.07) is 21.0. The van der Waals surface area contributed by atoms with Gasteiger partial charge in [0, 0.05) is 22.1 Å². The molecule has 56 heavy (non-hydrogen) atoms. The van der Waals surface area contributed by atoms with Crippen LogP contribution in [0.25, 0.3) is 43.1 Å². The molecule has 0 saturated heterocycles. The molecule has 0 aliphatic heterocycles. The summed E-state index contributed by atoms with van der Waals surface area (Å²) in [7, 11) is -5.85. The molecule has 296 valence electrons. The zero-order valence-electron chi connectivity index (χ0n) is 38.4. The van der Waals surface area contributed by atoms with Gasteiger partial charge in [0.05, 0.1) is 0 Å². The molecule has 0 heterocycles. The van der Waals surface area contributed by atoms with Crippen LogP contribution < -0.4 is 0 Å². The highest BCUT2D eigenvalue weighted by atomic mass is 28.3. The average molecular weight is 793 g/mol. The van der Waals surface area contributed by atoms with E-state index in [0.29, 0.717) is 49.9 Å². The molecule has 0 nitrogen and oxygen atoms in total. The Morgan fingerprint density at radius 1 is 0.286 bits per heavy atom. The van der Waals surface area contributed by atoms with Gasteiger partial charge in [-0.1, -0.05) is 179 Å². The minimum Gasteiger partial charge on any atom is -0.125 e. The van der Waals surface area contributed by atoms with Crippen LogP contribution in [0.15, 0.2) is 54.6 Å². The lowest BCUT2D eigenvalue weighted by Crippen LogP contribution is -2.43. The summed E-state index contributed by atoms with van der Waals surface area (Å²) in [5, 5.41) is 10.3. The van der Waals surface area contributed by atoms with Gasteiger partial charge in [-0.2, -0.15) is 0 Å². The third-order valence-corrected chi connectivity index (χ3v) is 33.5. The monoisotopic (exact) mass is 792 g/mol. The van der Waals surface area contributed by atoms with Crippen molar-refractivity contribution in [2.24, 2.45) is 0 Å². The van der Waals surface area contributed by atoms with Crippen LogP contribution in [-0.4, -0.2) is 24.2 Å². The Kier molecular flexibility index (Phi) is 12.9. The minimum absolute atomic E-state index is 0.570. The molecule has 0 saturated carbocycles. The maximum absolute atomic E-state index is 4.10. The third kappa shape index (κ3) is 7.02. The van der Waals surface area contributed by atoms with Crippen LogP contribution in [0, 0.1) is 34.4 Å². The first kappa shape index (κ1) is 43.8. The fraction of sp³-hybridized carbons (Fsp3) is 0.509. The predicted molar refractivity (Wildman–Crippen MR) is 261 cm³/mol. The van der Waals surface area contributed by atoms with Gasteiger partial charge in [-0.15, -0.1) is 16.6 Å². The van der Waals surface area contributed by atoms with Crippen LogP contribution in [0.1, 0.15) is 141 Å². The quantitative estimate of drug-likeness (QED) is 0.0604. The van der Waals surface area contributed by atoms with Gasteiger partial charge in [0.25, 0.3) is 0 Å². The lowest BCUT2D eigenvalue weighted by atomic mass is 9.86. The molecule has 0 amide bonds. The van der Waals surface area contributed by atoms with E-state index in [2.05, 4.69) is 214 Å². The molecule has 0 aromatic heterocycles. The number of rotatable bonds is 9. The van der Waals surface area contributed by atoms with Gasteiger partial charge in [0.2, 0.25) is 0 Å². The minimum atomic E-state index is -1.98. The Bertz CT molecular complexity index is 2230. The number of hydrogen-bond donors (Lipinski definition) is 0. The summed E-state index contributed by atoms with van der Waals surface area (Å²) in [5.41, 5.74) is 20.9. The van der Waals surface area contributed by atoms with Gasteiger partial charge >= 0.3 is 0 Å². The van der Waals surface area contributed by atoms with Crippen LogP contribution in [0.4, 0.5) is 0 Å². The van der Waals surface area contributed by atoms with Crippen LogP contribution >= 0.6 is 0 Å². The van der Waals surface area contributed by atoms with E-state index in [1.165, 1.54) is 43.1 Å². The van der Waals surface area contributed by atoms with E-state index >= 15 is 0 Å². The van der Waals surface area contributed by atoms with Crippen molar-refractivity contribution >= 4 is 67.3 Å². The van der Waals surface area contributed by atoms with Gasteiger partial charge in [0.1, 0.15) is 24.2 Å². The van der Waals surface area contributed by atoms with Crippen LogP contribution in [0.3, 0.4) is 0 Å². The highest BCUT2D eigenvalue weighted by Crippen LogP contribution is 2.46. The summed E-state index contributed by atoms with van der Waals surface area (Å²) in [6.07, 6.45) is 0. The number of hydrogen-bond acceptors (Lipinski definition) is 0. The van der Waals surface area contributed by atoms with E-state index in [4.69, 9.17) is 0 Å². The molecule has 5 aromatic rings. The highest BCUT2D eigenvalue weighted by Gasteiger charge is 2.43. The summed E-state index contributed by atoms with van der Waals surface area (Å²) in [5.74, 6) is 11.7. The molecule has 0 radical (unpaired) electrons. The second-order valence-electron chi connectivity index (χ2n) is 19.9. The predicted octanol–water partition coefficient (Wildman–Crippen LogP) is 16.4. The first-order valence-electron chi connectivity index (χ1n) is 22.0. The fourth-order valence-corrected chi connectivity index (χ4v) is 27.6. The van der Waals surface area contributed by atoms with Gasteiger partial charge < -0.3 is 0 Å². The van der Waals surface area contributed by atoms with Crippen molar-refractivity contribution in [3.8, 4) is 34.4 Å². The molecule has 3 heteroatoms. The molecular weight excluding hydrogens is 721 g/mol. The van der Waals surface area contributed by atoms with Crippen molar-refractivity contribution in [1.29, 1.82) is 0 Å². The molecular formula is C53H72Si3. The summed E-state index contributed by atoms with van der Waals surface area (Å²) < 4.78 is 0. The number of fused-ring (bicyclic) bond motifs is 2. The second-order valence-corrected chi connectivity index (χ2v) is 36.6. The highest BCUT2D eigenvalue weighted by molar-refractivity contribution is 6.91. The molecule has 5 aromatic carbocycles. The normalized spacial score (nSPS) is 13.1. The van der Waals surface area contributed by atoms with Crippen molar-refractivity contribution in [3.63, 3.8) is 0 Å². The largest absolute Gasteiger partial charge is 0.146 e. The second kappa shape index (κ2) is 16.5. The Hall–Kier alpha value is -3.27. The topological polar surface area (TPSA) is 0 Å². The zero-order valence-corrected chi connectivity index (χ0v) is 41.4. The molecule has 0 spiro atoms. The lowest BCUT2D eigenvalue weighted by molar-refractivity contribution is 0.838. The Morgan fingerprint density at radius 2 is 0.554 bits per heavy atom. The summed E-state index contributed by atoms with van der Waals surface area (Å²) >= 11 is 0. The SMILES string of the molecule is CC(C)[Si](C#Cc1ccc2c3ccc(C#C[Si](C(C)C)(C(C)C)C(C)C)c4c(C#C[Si](C(C)C)(C(C)C)C(C)C)ccc(c5cccc1c52)c43)(C(C)C)C(C)C. The Balaban J connectivity index is 1.94. The van der Waals surface area contributed by atoms with Gasteiger partial charge in [-0.05, 0) is 106 Å². The van der Waals surface area contributed by atoms with Crippen LogP contribution in [0.2, 0.25) is 49.9 Å². The van der Waals surface area contributed by atoms with Crippen molar-refractivity contribution < 1.29 is 0 Å². The summed E-state index contributed by atoms with van der Waals surface area (Å²) in [4.78, 5) is 0. The van der Waals surface area contributed by atoms with Gasteiger partial charge in [-0.3, -0.25) is 0 Å². The lowest BCUT2D eigenvalue weighted by Gasteiger charge is -2.38. The standard InChI is InChI=1S/C53H72Si3/c1-34(2)54(35(3)4,36(5)6)31-28-43-22-25-48-50-27-24-45(30-33-56(40(13)14,41(15)16)42(17)18)51-44(29-32-55(37(7)8,38(9)10)39(11)12)23-26-49(53(50)51)47-21-19-20-46(43)52(47)48/h19-27,34-42H,1-18H3. The van der Waals surface area contributed by atoms with E-state index in [1.54, 1.807) is 0 Å². The van der Waals surface area contributed by atoms with Crippen molar-refractivity contribution in [2.45, 2.75) is 174 Å². The van der Waals surface area contributed by atoms with Crippen molar-refractivity contribution in [3.05, 3.63) is 71.3 Å². The van der Waals surface area contributed by atoms with Gasteiger partial charge in [0.15, 0.2) is 0 Å². The van der Waals surface area contributed by atoms with Crippen LogP contribution in [0.5, 0.6) is 0 Å². The number of benzene rings is 5. The smallest absolute Gasteiger partial charge is 0.125 e. The van der Waals surface area contributed by atoms with Crippen molar-refractivity contribution in [2.75, 3.05) is 0 Å². The third-order valence-electron chi connectivity index (χ3n) is 14.6. The molecule has 0 bridgehead atoms. The molecule has 0 fully saturated rings. The van der Waals surface area contributed by atoms with Gasteiger partial charge in [-0.25, -0.2) is 0 Å². The molecule has 5 rings (SSSR count). The first-order valence-corrected chi connectivity index (χ1v) is 28.7. The molecule has 0 aliphatic carbocycles. The van der Waals surface area contributed by atoms with E-state index < -0.39 is 24.2 Å². The molecule has 0 unspecified atom stereocenters. The van der Waals surface area contributed by atoms with E-state index in [-0.39, 0.29) is 0 Å². The van der Waals surface area contributed by atoms with E-state index in [1.807, 2.05) is 0 Å². The fourth-order valence-electron chi connectivity index (χ4n) is 11.9. The molecule has 0 atom stereocenters. The molecule has 0 N–H and O–H groups in total. The summed E-state index contributed by atoms with van der Waals surface area (Å²) in [6.45, 7) is 43.4. The average Bonchev–Trinajstić information content (AvgIpc) is 3.10. The Morgan fingerprint density at radius 3 is 0.893 bits per heavy atom. The zero-order chi connectivity index (χ0) is 41.7. The van der Waals surface area contributed by atoms with Crippen LogP contribution in [-0.2, 0) is 0 Å². The maximum Gasteiger partial charge on any atom is 0.146 e. The first-order chi connectivity index (χ1) is 26.2.